The summed E-state index contributed by atoms with van der Waals surface area (Å²) in [6.07, 6.45) is 5.42. The molecule has 3 nitrogen and oxygen atoms in total. The molecule has 5 heteroatoms. The Hall–Kier alpha value is -0.830. The number of aryl methyl sites for hydroxylation is 2. The van der Waals surface area contributed by atoms with Crippen molar-refractivity contribution in [3.05, 3.63) is 54.7 Å². The molecule has 0 atom stereocenters. The molecule has 0 saturated carbocycles. The molecule has 0 bridgehead atoms. The maximum atomic E-state index is 12.5. The lowest BCUT2D eigenvalue weighted by Gasteiger charge is -2.14. The summed E-state index contributed by atoms with van der Waals surface area (Å²) in [5.41, 5.74) is 2.09. The molecule has 0 amide bonds. The van der Waals surface area contributed by atoms with Crippen LogP contribution in [-0.2, 0) is 12.8 Å². The molecule has 0 aliphatic heterocycles. The van der Waals surface area contributed by atoms with Gasteiger partial charge in [-0.15, -0.1) is 0 Å². The Morgan fingerprint density at radius 1 is 0.808 bits per heavy atom. The van der Waals surface area contributed by atoms with Gasteiger partial charge >= 0.3 is 6.16 Å². The zero-order chi connectivity index (χ0) is 18.9. The highest BCUT2D eigenvalue weighted by Gasteiger charge is 2.17. The van der Waals surface area contributed by atoms with Crippen LogP contribution in [0.3, 0.4) is 0 Å². The van der Waals surface area contributed by atoms with E-state index in [0.29, 0.717) is 11.5 Å². The molecule has 0 heterocycles. The highest BCUT2D eigenvalue weighted by molar-refractivity contribution is 14.1. The van der Waals surface area contributed by atoms with Crippen LogP contribution >= 0.6 is 45.2 Å². The minimum Gasteiger partial charge on any atom is -0.393 e. The van der Waals surface area contributed by atoms with E-state index in [1.54, 1.807) is 0 Å². The van der Waals surface area contributed by atoms with E-state index in [1.165, 1.54) is 0 Å². The van der Waals surface area contributed by atoms with Gasteiger partial charge in [-0.05, 0) is 94.1 Å². The number of hydrogen-bond acceptors (Lipinski definition) is 3. The Bertz CT molecular complexity index is 683. The predicted molar refractivity (Wildman–Crippen MR) is 122 cm³/mol. The average Bonchev–Trinajstić information content (AvgIpc) is 2.62. The number of benzene rings is 2. The minimum absolute atomic E-state index is 0.618. The van der Waals surface area contributed by atoms with Crippen molar-refractivity contribution in [2.45, 2.75) is 52.4 Å². The van der Waals surface area contributed by atoms with E-state index in [9.17, 15) is 4.79 Å². The molecule has 0 fully saturated rings. The molecule has 0 radical (unpaired) electrons. The van der Waals surface area contributed by atoms with Crippen LogP contribution in [0, 0.1) is 7.14 Å². The second kappa shape index (κ2) is 11.1. The fourth-order valence-electron chi connectivity index (χ4n) is 2.65. The van der Waals surface area contributed by atoms with Crippen LogP contribution in [0.1, 0.15) is 50.7 Å². The van der Waals surface area contributed by atoms with Crippen molar-refractivity contribution < 1.29 is 14.3 Å². The standard InChI is InChI=1S/C21H24I2O3/c1-3-5-9-15-11-7-13-17(22)19(15)25-21(24)26-20-16(10-6-4-2)12-8-14-18(20)23/h7-8,11-14H,3-6,9-10H2,1-2H3. The van der Waals surface area contributed by atoms with Crippen molar-refractivity contribution in [3.8, 4) is 11.5 Å². The molecule has 26 heavy (non-hydrogen) atoms. The van der Waals surface area contributed by atoms with Crippen molar-refractivity contribution in [3.63, 3.8) is 0 Å². The van der Waals surface area contributed by atoms with E-state index in [4.69, 9.17) is 9.47 Å². The third-order valence-corrected chi connectivity index (χ3v) is 5.77. The highest BCUT2D eigenvalue weighted by Crippen LogP contribution is 2.30. The molecule has 2 rings (SSSR count). The Kier molecular flexibility index (Phi) is 9.18. The van der Waals surface area contributed by atoms with Crippen molar-refractivity contribution in [2.24, 2.45) is 0 Å². The van der Waals surface area contributed by atoms with Gasteiger partial charge in [-0.1, -0.05) is 51.0 Å². The Morgan fingerprint density at radius 3 is 1.62 bits per heavy atom. The Balaban J connectivity index is 2.17. The van der Waals surface area contributed by atoms with Gasteiger partial charge in [0.05, 0.1) is 7.14 Å². The first-order valence-corrected chi connectivity index (χ1v) is 11.2. The maximum Gasteiger partial charge on any atom is 0.519 e. The predicted octanol–water partition coefficient (Wildman–Crippen LogP) is 7.16. The maximum absolute atomic E-state index is 12.5. The molecule has 140 valence electrons. The second-order valence-corrected chi connectivity index (χ2v) is 8.44. The number of rotatable bonds is 8. The van der Waals surface area contributed by atoms with Crippen LogP contribution in [0.15, 0.2) is 36.4 Å². The average molecular weight is 578 g/mol. The Labute approximate surface area is 183 Å². The first kappa shape index (κ1) is 21.5. The third kappa shape index (κ3) is 6.11. The topological polar surface area (TPSA) is 35.5 Å². The monoisotopic (exact) mass is 578 g/mol. The van der Waals surface area contributed by atoms with Crippen LogP contribution in [0.4, 0.5) is 4.79 Å². The van der Waals surface area contributed by atoms with Gasteiger partial charge in [0.25, 0.3) is 0 Å². The first-order chi connectivity index (χ1) is 12.6. The molecule has 0 aromatic heterocycles. The summed E-state index contributed by atoms with van der Waals surface area (Å²) in [6.45, 7) is 4.30. The smallest absolute Gasteiger partial charge is 0.393 e. The summed E-state index contributed by atoms with van der Waals surface area (Å²) in [5.74, 6) is 1.24. The van der Waals surface area contributed by atoms with Crippen LogP contribution in [0.2, 0.25) is 0 Å². The molecule has 0 aliphatic rings. The summed E-state index contributed by atoms with van der Waals surface area (Å²) in [4.78, 5) is 12.5. The van der Waals surface area contributed by atoms with Gasteiger partial charge in [-0.2, -0.15) is 0 Å². The summed E-state index contributed by atoms with van der Waals surface area (Å²) >= 11 is 4.40. The quantitative estimate of drug-likeness (QED) is 0.190. The summed E-state index contributed by atoms with van der Waals surface area (Å²) in [6, 6.07) is 11.9. The zero-order valence-electron chi connectivity index (χ0n) is 15.2. The number of carbonyl (C=O) groups is 1. The normalized spacial score (nSPS) is 10.6. The van der Waals surface area contributed by atoms with Gasteiger partial charge in [-0.25, -0.2) is 4.79 Å². The van der Waals surface area contributed by atoms with Gasteiger partial charge in [0.1, 0.15) is 0 Å². The van der Waals surface area contributed by atoms with Crippen molar-refractivity contribution >= 4 is 51.3 Å². The van der Waals surface area contributed by atoms with Crippen molar-refractivity contribution in [2.75, 3.05) is 0 Å². The number of para-hydroxylation sites is 2. The fraction of sp³-hybridized carbons (Fsp3) is 0.381. The summed E-state index contributed by atoms with van der Waals surface area (Å²) in [7, 11) is 0. The number of unbranched alkanes of at least 4 members (excludes halogenated alkanes) is 2. The van der Waals surface area contributed by atoms with Crippen LogP contribution in [0.25, 0.3) is 0 Å². The van der Waals surface area contributed by atoms with E-state index < -0.39 is 6.16 Å². The van der Waals surface area contributed by atoms with Gasteiger partial charge in [0.15, 0.2) is 11.5 Å². The lowest BCUT2D eigenvalue weighted by molar-refractivity contribution is 0.150. The number of halogens is 2. The largest absolute Gasteiger partial charge is 0.519 e. The Morgan fingerprint density at radius 2 is 1.23 bits per heavy atom. The lowest BCUT2D eigenvalue weighted by atomic mass is 10.1. The SMILES string of the molecule is CCCCc1cccc(I)c1OC(=O)Oc1c(I)cccc1CCCC. The molecule has 0 aliphatic carbocycles. The number of hydrogen-bond donors (Lipinski definition) is 0. The van der Waals surface area contributed by atoms with Gasteiger partial charge < -0.3 is 9.47 Å². The number of ether oxygens (including phenoxy) is 2. The van der Waals surface area contributed by atoms with Crippen LogP contribution in [0.5, 0.6) is 11.5 Å². The van der Waals surface area contributed by atoms with E-state index in [0.717, 1.165) is 56.8 Å². The molecule has 0 spiro atoms. The molecule has 0 saturated heterocycles. The molecule has 0 unspecified atom stereocenters. The van der Waals surface area contributed by atoms with E-state index in [-0.39, 0.29) is 0 Å². The molecular formula is C21H24I2O3. The van der Waals surface area contributed by atoms with E-state index in [2.05, 4.69) is 59.0 Å². The minimum atomic E-state index is -0.672. The number of carbonyl (C=O) groups excluding carboxylic acids is 1. The fourth-order valence-corrected chi connectivity index (χ4v) is 3.98. The third-order valence-electron chi connectivity index (χ3n) is 4.07. The molecule has 2 aromatic rings. The van der Waals surface area contributed by atoms with Gasteiger partial charge in [-0.3, -0.25) is 0 Å². The summed E-state index contributed by atoms with van der Waals surface area (Å²) in [5, 5.41) is 0. The highest BCUT2D eigenvalue weighted by atomic mass is 127. The van der Waals surface area contributed by atoms with Crippen LogP contribution in [-0.4, -0.2) is 6.16 Å². The van der Waals surface area contributed by atoms with Gasteiger partial charge in [0, 0.05) is 0 Å². The first-order valence-electron chi connectivity index (χ1n) is 9.01. The van der Waals surface area contributed by atoms with Crippen LogP contribution < -0.4 is 9.47 Å². The summed E-state index contributed by atoms with van der Waals surface area (Å²) < 4.78 is 13.1. The van der Waals surface area contributed by atoms with E-state index >= 15 is 0 Å². The molecule has 2 aromatic carbocycles. The van der Waals surface area contributed by atoms with Crippen molar-refractivity contribution in [1.29, 1.82) is 0 Å². The zero-order valence-corrected chi connectivity index (χ0v) is 19.5. The van der Waals surface area contributed by atoms with E-state index in [1.807, 2.05) is 36.4 Å². The second-order valence-electron chi connectivity index (χ2n) is 6.12. The van der Waals surface area contributed by atoms with Crippen molar-refractivity contribution in [1.82, 2.24) is 0 Å². The van der Waals surface area contributed by atoms with Gasteiger partial charge in [0.2, 0.25) is 0 Å². The molecular weight excluding hydrogens is 554 g/mol. The lowest BCUT2D eigenvalue weighted by Crippen LogP contribution is -2.17. The molecule has 0 N–H and O–H groups in total.